The minimum Gasteiger partial charge on any atom is -0.352 e. The van der Waals surface area contributed by atoms with Crippen LogP contribution in [0, 0.1) is 5.92 Å². The van der Waals surface area contributed by atoms with Gasteiger partial charge < -0.3 is 15.6 Å². The molecular formula is C11H20N4O. The predicted molar refractivity (Wildman–Crippen MR) is 62.6 cm³/mol. The predicted octanol–water partition coefficient (Wildman–Crippen LogP) is 0.503. The molecule has 3 N–H and O–H groups in total. The minimum atomic E-state index is 0.00201. The molecule has 5 nitrogen and oxygen atoms in total. The Bertz CT molecular complexity index is 346. The standard InChI is InChI=1S/C11H20N4O/c1-8(2)9(3)14-11(16)6-15-5-10(4-12)13-7-15/h5,7-9H,4,6,12H2,1-3H3,(H,14,16). The van der Waals surface area contributed by atoms with Gasteiger partial charge >= 0.3 is 0 Å². The van der Waals surface area contributed by atoms with Crippen LogP contribution in [0.15, 0.2) is 12.5 Å². The van der Waals surface area contributed by atoms with Gasteiger partial charge in [0.15, 0.2) is 0 Å². The summed E-state index contributed by atoms with van der Waals surface area (Å²) in [6.07, 6.45) is 3.42. The lowest BCUT2D eigenvalue weighted by atomic mass is 10.1. The van der Waals surface area contributed by atoms with Gasteiger partial charge in [0.1, 0.15) is 6.54 Å². The molecule has 0 saturated heterocycles. The van der Waals surface area contributed by atoms with Gasteiger partial charge in [-0.3, -0.25) is 4.79 Å². The summed E-state index contributed by atoms with van der Waals surface area (Å²) in [4.78, 5) is 15.7. The lowest BCUT2D eigenvalue weighted by Crippen LogP contribution is -2.37. The van der Waals surface area contributed by atoms with Crippen LogP contribution in [0.3, 0.4) is 0 Å². The van der Waals surface area contributed by atoms with Crippen LogP contribution in [0.25, 0.3) is 0 Å². The Morgan fingerprint density at radius 1 is 1.56 bits per heavy atom. The molecule has 1 heterocycles. The van der Waals surface area contributed by atoms with E-state index in [1.165, 1.54) is 0 Å². The Morgan fingerprint density at radius 3 is 2.75 bits per heavy atom. The highest BCUT2D eigenvalue weighted by molar-refractivity contribution is 5.76. The van der Waals surface area contributed by atoms with E-state index in [-0.39, 0.29) is 11.9 Å². The molecule has 1 rings (SSSR count). The SMILES string of the molecule is CC(C)C(C)NC(=O)Cn1cnc(CN)c1. The van der Waals surface area contributed by atoms with E-state index in [1.807, 2.05) is 6.92 Å². The number of carbonyl (C=O) groups is 1. The third-order valence-corrected chi connectivity index (χ3v) is 2.61. The number of nitrogens with zero attached hydrogens (tertiary/aromatic N) is 2. The minimum absolute atomic E-state index is 0.00201. The summed E-state index contributed by atoms with van der Waals surface area (Å²) in [5, 5.41) is 2.94. The number of hydrogen-bond acceptors (Lipinski definition) is 3. The fourth-order valence-electron chi connectivity index (χ4n) is 1.23. The monoisotopic (exact) mass is 224 g/mol. The summed E-state index contributed by atoms with van der Waals surface area (Å²) in [5.74, 6) is 0.438. The van der Waals surface area contributed by atoms with Crippen molar-refractivity contribution in [3.63, 3.8) is 0 Å². The zero-order chi connectivity index (χ0) is 12.1. The van der Waals surface area contributed by atoms with E-state index < -0.39 is 0 Å². The number of carbonyl (C=O) groups excluding carboxylic acids is 1. The van der Waals surface area contributed by atoms with E-state index in [0.29, 0.717) is 19.0 Å². The first kappa shape index (κ1) is 12.7. The number of nitrogens with one attached hydrogen (secondary N) is 1. The van der Waals surface area contributed by atoms with Gasteiger partial charge in [-0.1, -0.05) is 13.8 Å². The van der Waals surface area contributed by atoms with Gasteiger partial charge in [-0.05, 0) is 12.8 Å². The Labute approximate surface area is 96.0 Å². The highest BCUT2D eigenvalue weighted by atomic mass is 16.2. The van der Waals surface area contributed by atoms with Crippen LogP contribution in [0.1, 0.15) is 26.5 Å². The van der Waals surface area contributed by atoms with Crippen molar-refractivity contribution in [2.24, 2.45) is 11.7 Å². The molecule has 90 valence electrons. The van der Waals surface area contributed by atoms with Gasteiger partial charge in [0.2, 0.25) is 5.91 Å². The van der Waals surface area contributed by atoms with Gasteiger partial charge in [-0.15, -0.1) is 0 Å². The van der Waals surface area contributed by atoms with E-state index in [1.54, 1.807) is 17.1 Å². The first-order chi connectivity index (χ1) is 7.52. The first-order valence-corrected chi connectivity index (χ1v) is 5.53. The molecule has 0 bridgehead atoms. The van der Waals surface area contributed by atoms with Gasteiger partial charge in [0.25, 0.3) is 0 Å². The van der Waals surface area contributed by atoms with Gasteiger partial charge in [0, 0.05) is 18.8 Å². The van der Waals surface area contributed by atoms with Crippen LogP contribution in [0.2, 0.25) is 0 Å². The molecule has 0 aliphatic heterocycles. The van der Waals surface area contributed by atoms with Crippen LogP contribution < -0.4 is 11.1 Å². The van der Waals surface area contributed by atoms with Crippen molar-refractivity contribution in [2.75, 3.05) is 0 Å². The Morgan fingerprint density at radius 2 is 2.25 bits per heavy atom. The molecule has 0 aliphatic carbocycles. The van der Waals surface area contributed by atoms with Crippen molar-refractivity contribution in [1.82, 2.24) is 14.9 Å². The smallest absolute Gasteiger partial charge is 0.240 e. The molecule has 0 fully saturated rings. The number of rotatable bonds is 5. The zero-order valence-electron chi connectivity index (χ0n) is 10.1. The summed E-state index contributed by atoms with van der Waals surface area (Å²) in [6, 6.07) is 0.185. The van der Waals surface area contributed by atoms with Gasteiger partial charge in [-0.2, -0.15) is 0 Å². The number of hydrogen-bond donors (Lipinski definition) is 2. The maximum Gasteiger partial charge on any atom is 0.240 e. The molecule has 1 aromatic rings. The second kappa shape index (κ2) is 5.65. The molecular weight excluding hydrogens is 204 g/mol. The summed E-state index contributed by atoms with van der Waals surface area (Å²) < 4.78 is 1.74. The van der Waals surface area contributed by atoms with E-state index in [2.05, 4.69) is 24.1 Å². The van der Waals surface area contributed by atoms with Crippen molar-refractivity contribution in [1.29, 1.82) is 0 Å². The molecule has 0 radical (unpaired) electrons. The Balaban J connectivity index is 2.45. The van der Waals surface area contributed by atoms with E-state index in [0.717, 1.165) is 5.69 Å². The maximum absolute atomic E-state index is 11.6. The van der Waals surface area contributed by atoms with Crippen LogP contribution in [-0.2, 0) is 17.9 Å². The Kier molecular flexibility index (Phi) is 4.49. The van der Waals surface area contributed by atoms with Crippen LogP contribution in [0.5, 0.6) is 0 Å². The quantitative estimate of drug-likeness (QED) is 0.765. The molecule has 1 aromatic heterocycles. The van der Waals surface area contributed by atoms with Crippen molar-refractivity contribution in [2.45, 2.75) is 39.9 Å². The molecule has 1 amide bonds. The summed E-state index contributed by atoms with van der Waals surface area (Å²) >= 11 is 0. The van der Waals surface area contributed by atoms with Crippen LogP contribution in [0.4, 0.5) is 0 Å². The number of nitrogens with two attached hydrogens (primary N) is 1. The lowest BCUT2D eigenvalue weighted by molar-refractivity contribution is -0.122. The maximum atomic E-state index is 11.6. The zero-order valence-corrected chi connectivity index (χ0v) is 10.1. The molecule has 0 aromatic carbocycles. The lowest BCUT2D eigenvalue weighted by Gasteiger charge is -2.17. The molecule has 5 heteroatoms. The molecule has 0 aliphatic rings. The Hall–Kier alpha value is -1.36. The second-order valence-corrected chi connectivity index (χ2v) is 4.34. The van der Waals surface area contributed by atoms with Crippen LogP contribution in [-0.4, -0.2) is 21.5 Å². The summed E-state index contributed by atoms with van der Waals surface area (Å²) in [7, 11) is 0. The number of aromatic nitrogens is 2. The van der Waals surface area contributed by atoms with Crippen molar-refractivity contribution >= 4 is 5.91 Å². The summed E-state index contributed by atoms with van der Waals surface area (Å²) in [6.45, 7) is 6.85. The van der Waals surface area contributed by atoms with Crippen molar-refractivity contribution in [3.05, 3.63) is 18.2 Å². The van der Waals surface area contributed by atoms with Crippen molar-refractivity contribution in [3.8, 4) is 0 Å². The number of imidazole rings is 1. The van der Waals surface area contributed by atoms with Crippen LogP contribution >= 0.6 is 0 Å². The first-order valence-electron chi connectivity index (χ1n) is 5.53. The number of amides is 1. The average Bonchev–Trinajstić information content (AvgIpc) is 2.65. The molecule has 1 atom stereocenters. The van der Waals surface area contributed by atoms with Gasteiger partial charge in [-0.25, -0.2) is 4.98 Å². The van der Waals surface area contributed by atoms with E-state index in [9.17, 15) is 4.79 Å². The topological polar surface area (TPSA) is 72.9 Å². The molecule has 16 heavy (non-hydrogen) atoms. The fourth-order valence-corrected chi connectivity index (χ4v) is 1.23. The van der Waals surface area contributed by atoms with Gasteiger partial charge in [0.05, 0.1) is 12.0 Å². The van der Waals surface area contributed by atoms with E-state index in [4.69, 9.17) is 5.73 Å². The second-order valence-electron chi connectivity index (χ2n) is 4.34. The van der Waals surface area contributed by atoms with E-state index >= 15 is 0 Å². The fraction of sp³-hybridized carbons (Fsp3) is 0.636. The molecule has 0 saturated carbocycles. The molecule has 0 spiro atoms. The highest BCUT2D eigenvalue weighted by Gasteiger charge is 2.11. The largest absolute Gasteiger partial charge is 0.352 e. The normalized spacial score (nSPS) is 12.8. The molecule has 1 unspecified atom stereocenters. The van der Waals surface area contributed by atoms with Crippen molar-refractivity contribution < 1.29 is 4.79 Å². The summed E-state index contributed by atoms with van der Waals surface area (Å²) in [5.41, 5.74) is 6.23. The average molecular weight is 224 g/mol. The third-order valence-electron chi connectivity index (χ3n) is 2.61. The third kappa shape index (κ3) is 3.66. The highest BCUT2D eigenvalue weighted by Crippen LogP contribution is 2.00.